The SMILES string of the molecule is CCCNc1cccc(NCCc2ncno2)n1. The molecule has 6 nitrogen and oxygen atoms in total. The Bertz CT molecular complexity index is 457. The lowest BCUT2D eigenvalue weighted by molar-refractivity contribution is 0.379. The molecule has 0 bridgehead atoms. The van der Waals surface area contributed by atoms with Gasteiger partial charge in [-0.25, -0.2) is 4.98 Å². The monoisotopic (exact) mass is 247 g/mol. The van der Waals surface area contributed by atoms with Crippen LogP contribution >= 0.6 is 0 Å². The number of nitrogens with one attached hydrogen (secondary N) is 2. The van der Waals surface area contributed by atoms with E-state index in [1.165, 1.54) is 6.33 Å². The molecule has 18 heavy (non-hydrogen) atoms. The number of rotatable bonds is 7. The topological polar surface area (TPSA) is 75.9 Å². The van der Waals surface area contributed by atoms with E-state index in [2.05, 4.69) is 32.7 Å². The van der Waals surface area contributed by atoms with Crippen molar-refractivity contribution in [3.8, 4) is 0 Å². The van der Waals surface area contributed by atoms with Crippen LogP contribution < -0.4 is 10.6 Å². The average Bonchev–Trinajstić information content (AvgIpc) is 2.90. The van der Waals surface area contributed by atoms with Crippen molar-refractivity contribution in [2.24, 2.45) is 0 Å². The van der Waals surface area contributed by atoms with Crippen LogP contribution in [0.1, 0.15) is 19.2 Å². The summed E-state index contributed by atoms with van der Waals surface area (Å²) < 4.78 is 4.91. The number of aromatic nitrogens is 3. The summed E-state index contributed by atoms with van der Waals surface area (Å²) in [6.45, 7) is 3.77. The third-order valence-electron chi connectivity index (χ3n) is 2.36. The fourth-order valence-electron chi connectivity index (χ4n) is 1.49. The molecule has 2 aromatic heterocycles. The number of pyridine rings is 1. The number of hydrogen-bond donors (Lipinski definition) is 2. The average molecular weight is 247 g/mol. The molecule has 2 heterocycles. The molecule has 0 amide bonds. The van der Waals surface area contributed by atoms with Crippen molar-refractivity contribution in [2.45, 2.75) is 19.8 Å². The van der Waals surface area contributed by atoms with Gasteiger partial charge in [-0.1, -0.05) is 18.1 Å². The molecule has 0 aromatic carbocycles. The van der Waals surface area contributed by atoms with Crippen LogP contribution in [0.25, 0.3) is 0 Å². The smallest absolute Gasteiger partial charge is 0.228 e. The Kier molecular flexibility index (Phi) is 4.52. The highest BCUT2D eigenvalue weighted by molar-refractivity contribution is 5.44. The second-order valence-electron chi connectivity index (χ2n) is 3.85. The van der Waals surface area contributed by atoms with Crippen LogP contribution in [-0.2, 0) is 6.42 Å². The first kappa shape index (κ1) is 12.3. The maximum atomic E-state index is 4.91. The fourth-order valence-corrected chi connectivity index (χ4v) is 1.49. The summed E-state index contributed by atoms with van der Waals surface area (Å²) in [5.74, 6) is 2.36. The molecule has 2 N–H and O–H groups in total. The van der Waals surface area contributed by atoms with Crippen molar-refractivity contribution in [3.63, 3.8) is 0 Å². The first-order valence-corrected chi connectivity index (χ1v) is 6.09. The Labute approximate surface area is 106 Å². The highest BCUT2D eigenvalue weighted by Crippen LogP contribution is 2.09. The maximum absolute atomic E-state index is 4.91. The van der Waals surface area contributed by atoms with Crippen LogP contribution in [0.3, 0.4) is 0 Å². The van der Waals surface area contributed by atoms with Gasteiger partial charge in [-0.2, -0.15) is 4.98 Å². The lowest BCUT2D eigenvalue weighted by Crippen LogP contribution is -2.08. The van der Waals surface area contributed by atoms with E-state index >= 15 is 0 Å². The highest BCUT2D eigenvalue weighted by atomic mass is 16.5. The highest BCUT2D eigenvalue weighted by Gasteiger charge is 2.00. The molecule has 0 radical (unpaired) electrons. The minimum atomic E-state index is 0.628. The van der Waals surface area contributed by atoms with Gasteiger partial charge in [0.05, 0.1) is 0 Å². The van der Waals surface area contributed by atoms with Crippen molar-refractivity contribution in [2.75, 3.05) is 23.7 Å². The van der Waals surface area contributed by atoms with Crippen LogP contribution in [0.5, 0.6) is 0 Å². The first-order chi connectivity index (χ1) is 8.88. The summed E-state index contributed by atoms with van der Waals surface area (Å²) in [7, 11) is 0. The molecule has 0 atom stereocenters. The number of anilines is 2. The Morgan fingerprint density at radius 1 is 1.17 bits per heavy atom. The van der Waals surface area contributed by atoms with Gasteiger partial charge in [0.1, 0.15) is 11.6 Å². The molecular formula is C12H17N5O. The predicted octanol–water partition coefficient (Wildman–Crippen LogP) is 1.94. The van der Waals surface area contributed by atoms with Crippen LogP contribution in [-0.4, -0.2) is 28.2 Å². The van der Waals surface area contributed by atoms with Gasteiger partial charge in [0.15, 0.2) is 6.33 Å². The summed E-state index contributed by atoms with van der Waals surface area (Å²) in [5, 5.41) is 10.0. The molecule has 0 aliphatic rings. The minimum Gasteiger partial charge on any atom is -0.370 e. The summed E-state index contributed by atoms with van der Waals surface area (Å²) >= 11 is 0. The van der Waals surface area contributed by atoms with E-state index in [0.717, 1.165) is 24.6 Å². The Morgan fingerprint density at radius 2 is 1.94 bits per heavy atom. The zero-order chi connectivity index (χ0) is 12.6. The van der Waals surface area contributed by atoms with Gasteiger partial charge in [-0.3, -0.25) is 0 Å². The van der Waals surface area contributed by atoms with Gasteiger partial charge in [-0.15, -0.1) is 0 Å². The van der Waals surface area contributed by atoms with Crippen molar-refractivity contribution in [1.29, 1.82) is 0 Å². The Morgan fingerprint density at radius 3 is 2.61 bits per heavy atom. The van der Waals surface area contributed by atoms with Gasteiger partial charge in [-0.05, 0) is 18.6 Å². The van der Waals surface area contributed by atoms with Crippen molar-refractivity contribution in [1.82, 2.24) is 15.1 Å². The predicted molar refractivity (Wildman–Crippen MR) is 69.5 cm³/mol. The standard InChI is InChI=1S/C12H17N5O/c1-2-7-13-10-4-3-5-11(17-10)14-8-6-12-15-9-16-18-12/h3-5,9H,2,6-8H2,1H3,(H2,13,14,17). The molecule has 0 saturated carbocycles. The van der Waals surface area contributed by atoms with Gasteiger partial charge >= 0.3 is 0 Å². The lowest BCUT2D eigenvalue weighted by Gasteiger charge is -2.07. The van der Waals surface area contributed by atoms with Crippen molar-refractivity contribution in [3.05, 3.63) is 30.4 Å². The second kappa shape index (κ2) is 6.58. The maximum Gasteiger partial charge on any atom is 0.228 e. The van der Waals surface area contributed by atoms with E-state index in [1.807, 2.05) is 18.2 Å². The molecule has 6 heteroatoms. The summed E-state index contributed by atoms with van der Waals surface area (Å²) in [5.41, 5.74) is 0. The Balaban J connectivity index is 1.81. The van der Waals surface area contributed by atoms with Crippen molar-refractivity contribution < 1.29 is 4.52 Å². The third kappa shape index (κ3) is 3.73. The summed E-state index contributed by atoms with van der Waals surface area (Å²) in [6, 6.07) is 5.86. The van der Waals surface area contributed by atoms with E-state index in [9.17, 15) is 0 Å². The molecule has 96 valence electrons. The quantitative estimate of drug-likeness (QED) is 0.778. The minimum absolute atomic E-state index is 0.628. The number of nitrogens with zero attached hydrogens (tertiary/aromatic N) is 3. The summed E-state index contributed by atoms with van der Waals surface area (Å²) in [4.78, 5) is 8.40. The lowest BCUT2D eigenvalue weighted by atomic mass is 10.4. The van der Waals surface area contributed by atoms with Crippen LogP contribution in [0.15, 0.2) is 29.0 Å². The van der Waals surface area contributed by atoms with E-state index in [1.54, 1.807) is 0 Å². The zero-order valence-corrected chi connectivity index (χ0v) is 10.4. The Hall–Kier alpha value is -2.11. The first-order valence-electron chi connectivity index (χ1n) is 6.09. The van der Waals surface area contributed by atoms with Crippen LogP contribution in [0, 0.1) is 0 Å². The second-order valence-corrected chi connectivity index (χ2v) is 3.85. The van der Waals surface area contributed by atoms with Gasteiger partial charge in [0.25, 0.3) is 0 Å². The van der Waals surface area contributed by atoms with Crippen molar-refractivity contribution >= 4 is 11.6 Å². The van der Waals surface area contributed by atoms with E-state index in [-0.39, 0.29) is 0 Å². The van der Waals surface area contributed by atoms with Crippen LogP contribution in [0.2, 0.25) is 0 Å². The van der Waals surface area contributed by atoms with Gasteiger partial charge in [0.2, 0.25) is 5.89 Å². The number of hydrogen-bond acceptors (Lipinski definition) is 6. The van der Waals surface area contributed by atoms with E-state index in [4.69, 9.17) is 4.52 Å². The molecular weight excluding hydrogens is 230 g/mol. The normalized spacial score (nSPS) is 10.3. The molecule has 0 fully saturated rings. The van der Waals surface area contributed by atoms with Gasteiger partial charge in [0, 0.05) is 19.5 Å². The third-order valence-corrected chi connectivity index (χ3v) is 2.36. The molecule has 2 rings (SSSR count). The molecule has 0 aliphatic carbocycles. The van der Waals surface area contributed by atoms with Gasteiger partial charge < -0.3 is 15.2 Å². The molecule has 0 unspecified atom stereocenters. The zero-order valence-electron chi connectivity index (χ0n) is 10.4. The largest absolute Gasteiger partial charge is 0.370 e. The molecule has 0 aliphatic heterocycles. The van der Waals surface area contributed by atoms with E-state index in [0.29, 0.717) is 18.9 Å². The summed E-state index contributed by atoms with van der Waals surface area (Å²) in [6.07, 6.45) is 3.17. The van der Waals surface area contributed by atoms with E-state index < -0.39 is 0 Å². The molecule has 0 saturated heterocycles. The fraction of sp³-hybridized carbons (Fsp3) is 0.417. The molecule has 0 spiro atoms. The van der Waals surface area contributed by atoms with Crippen LogP contribution in [0.4, 0.5) is 11.6 Å². The molecule has 2 aromatic rings.